The summed E-state index contributed by atoms with van der Waals surface area (Å²) in [5, 5.41) is 3.46. The summed E-state index contributed by atoms with van der Waals surface area (Å²) in [7, 11) is 0. The lowest BCUT2D eigenvalue weighted by Crippen LogP contribution is -2.35. The SMILES string of the molecule is CC(N[C@H](C)C1CCCCCC1)c1cccc(F)c1F. The molecule has 1 aliphatic rings. The molecule has 0 bridgehead atoms. The highest BCUT2D eigenvalue weighted by molar-refractivity contribution is 5.22. The molecule has 0 heterocycles. The molecule has 2 atom stereocenters. The van der Waals surface area contributed by atoms with Crippen LogP contribution in [0.15, 0.2) is 18.2 Å². The molecule has 1 N–H and O–H groups in total. The molecule has 1 aliphatic carbocycles. The minimum absolute atomic E-state index is 0.163. The Kier molecular flexibility index (Phi) is 5.53. The van der Waals surface area contributed by atoms with E-state index in [0.717, 1.165) is 0 Å². The summed E-state index contributed by atoms with van der Waals surface area (Å²) in [5.74, 6) is -0.838. The molecule has 1 fully saturated rings. The zero-order chi connectivity index (χ0) is 14.5. The first kappa shape index (κ1) is 15.4. The first-order chi connectivity index (χ1) is 9.59. The molecule has 0 radical (unpaired) electrons. The second-order valence-corrected chi connectivity index (χ2v) is 6.07. The summed E-state index contributed by atoms with van der Waals surface area (Å²) in [4.78, 5) is 0. The van der Waals surface area contributed by atoms with Crippen molar-refractivity contribution in [3.8, 4) is 0 Å². The highest BCUT2D eigenvalue weighted by Crippen LogP contribution is 2.27. The third-order valence-electron chi connectivity index (χ3n) is 4.57. The first-order valence-electron chi connectivity index (χ1n) is 7.79. The van der Waals surface area contributed by atoms with Gasteiger partial charge in [0, 0.05) is 17.6 Å². The van der Waals surface area contributed by atoms with Crippen LogP contribution >= 0.6 is 0 Å². The lowest BCUT2D eigenvalue weighted by Gasteiger charge is -2.27. The summed E-state index contributed by atoms with van der Waals surface area (Å²) in [6, 6.07) is 4.58. The Balaban J connectivity index is 1.99. The zero-order valence-corrected chi connectivity index (χ0v) is 12.5. The Morgan fingerprint density at radius 2 is 1.70 bits per heavy atom. The normalized spacial score (nSPS) is 20.4. The van der Waals surface area contributed by atoms with Gasteiger partial charge in [0.05, 0.1) is 0 Å². The molecule has 0 amide bonds. The van der Waals surface area contributed by atoms with E-state index in [0.29, 0.717) is 17.5 Å². The smallest absolute Gasteiger partial charge is 0.163 e. The van der Waals surface area contributed by atoms with Crippen molar-refractivity contribution in [3.63, 3.8) is 0 Å². The van der Waals surface area contributed by atoms with Crippen molar-refractivity contribution >= 4 is 0 Å². The maximum absolute atomic E-state index is 13.8. The van der Waals surface area contributed by atoms with Gasteiger partial charge >= 0.3 is 0 Å². The van der Waals surface area contributed by atoms with Gasteiger partial charge in [-0.15, -0.1) is 0 Å². The van der Waals surface area contributed by atoms with E-state index in [-0.39, 0.29) is 6.04 Å². The summed E-state index contributed by atoms with van der Waals surface area (Å²) in [6.07, 6.45) is 7.73. The molecule has 1 saturated carbocycles. The molecule has 1 unspecified atom stereocenters. The van der Waals surface area contributed by atoms with Gasteiger partial charge in [-0.05, 0) is 38.7 Å². The predicted molar refractivity (Wildman–Crippen MR) is 78.6 cm³/mol. The van der Waals surface area contributed by atoms with Crippen LogP contribution in [0.4, 0.5) is 8.78 Å². The molecule has 0 saturated heterocycles. The zero-order valence-electron chi connectivity index (χ0n) is 12.5. The molecule has 2 rings (SSSR count). The third kappa shape index (κ3) is 3.78. The van der Waals surface area contributed by atoms with Gasteiger partial charge in [-0.2, -0.15) is 0 Å². The fraction of sp³-hybridized carbons (Fsp3) is 0.647. The molecule has 0 aliphatic heterocycles. The molecule has 3 heteroatoms. The molecule has 112 valence electrons. The highest BCUT2D eigenvalue weighted by atomic mass is 19.2. The monoisotopic (exact) mass is 281 g/mol. The van der Waals surface area contributed by atoms with Gasteiger partial charge in [-0.1, -0.05) is 37.8 Å². The molecular weight excluding hydrogens is 256 g/mol. The maximum Gasteiger partial charge on any atom is 0.163 e. The Bertz CT molecular complexity index is 425. The van der Waals surface area contributed by atoms with Crippen molar-refractivity contribution < 1.29 is 8.78 Å². The lowest BCUT2D eigenvalue weighted by atomic mass is 9.92. The van der Waals surface area contributed by atoms with Crippen LogP contribution in [-0.2, 0) is 0 Å². The number of hydrogen-bond donors (Lipinski definition) is 1. The second-order valence-electron chi connectivity index (χ2n) is 6.07. The van der Waals surface area contributed by atoms with Crippen LogP contribution in [0.1, 0.15) is 64.0 Å². The van der Waals surface area contributed by atoms with Crippen LogP contribution in [0, 0.1) is 17.6 Å². The van der Waals surface area contributed by atoms with Gasteiger partial charge in [0.15, 0.2) is 11.6 Å². The molecule has 0 spiro atoms. The van der Waals surface area contributed by atoms with Gasteiger partial charge in [-0.3, -0.25) is 0 Å². The number of nitrogens with one attached hydrogen (secondary N) is 1. The Labute approximate surface area is 120 Å². The van der Waals surface area contributed by atoms with Crippen LogP contribution in [0.2, 0.25) is 0 Å². The van der Waals surface area contributed by atoms with Crippen LogP contribution in [0.25, 0.3) is 0 Å². The van der Waals surface area contributed by atoms with E-state index < -0.39 is 11.6 Å². The van der Waals surface area contributed by atoms with Gasteiger partial charge in [-0.25, -0.2) is 8.78 Å². The molecule has 20 heavy (non-hydrogen) atoms. The van der Waals surface area contributed by atoms with Crippen molar-refractivity contribution in [1.29, 1.82) is 0 Å². The fourth-order valence-corrected chi connectivity index (χ4v) is 3.29. The third-order valence-corrected chi connectivity index (χ3v) is 4.57. The van der Waals surface area contributed by atoms with Crippen LogP contribution in [0.3, 0.4) is 0 Å². The summed E-state index contributed by atoms with van der Waals surface area (Å²) in [5.41, 5.74) is 0.422. The van der Waals surface area contributed by atoms with E-state index >= 15 is 0 Å². The van der Waals surface area contributed by atoms with E-state index in [2.05, 4.69) is 12.2 Å². The van der Waals surface area contributed by atoms with E-state index in [4.69, 9.17) is 0 Å². The summed E-state index contributed by atoms with van der Waals surface area (Å²) in [6.45, 7) is 4.08. The Hall–Kier alpha value is -0.960. The summed E-state index contributed by atoms with van der Waals surface area (Å²) < 4.78 is 27.1. The minimum atomic E-state index is -0.765. The Morgan fingerprint density at radius 3 is 2.35 bits per heavy atom. The summed E-state index contributed by atoms with van der Waals surface area (Å²) >= 11 is 0. The van der Waals surface area contributed by atoms with Crippen molar-refractivity contribution in [2.75, 3.05) is 0 Å². The standard InChI is InChI=1S/C17H25F2N/c1-12(14-8-5-3-4-6-9-14)20-13(2)15-10-7-11-16(18)17(15)19/h7,10-14,20H,3-6,8-9H2,1-2H3/t12-,13?/m1/s1. The largest absolute Gasteiger partial charge is 0.307 e. The minimum Gasteiger partial charge on any atom is -0.307 e. The van der Waals surface area contributed by atoms with Gasteiger partial charge < -0.3 is 5.32 Å². The van der Waals surface area contributed by atoms with Crippen LogP contribution in [0.5, 0.6) is 0 Å². The quantitative estimate of drug-likeness (QED) is 0.768. The second kappa shape index (κ2) is 7.16. The van der Waals surface area contributed by atoms with E-state index in [9.17, 15) is 8.78 Å². The van der Waals surface area contributed by atoms with Crippen molar-refractivity contribution in [2.24, 2.45) is 5.92 Å². The molecule has 1 aromatic carbocycles. The highest BCUT2D eigenvalue weighted by Gasteiger charge is 2.22. The average Bonchev–Trinajstić information content (AvgIpc) is 2.70. The Morgan fingerprint density at radius 1 is 1.05 bits per heavy atom. The van der Waals surface area contributed by atoms with Crippen LogP contribution < -0.4 is 5.32 Å². The molecule has 1 nitrogen and oxygen atoms in total. The first-order valence-corrected chi connectivity index (χ1v) is 7.79. The lowest BCUT2D eigenvalue weighted by molar-refractivity contribution is 0.313. The molecular formula is C17H25F2N. The van der Waals surface area contributed by atoms with Crippen LogP contribution in [-0.4, -0.2) is 6.04 Å². The molecule has 0 aromatic heterocycles. The number of rotatable bonds is 4. The molecule has 1 aromatic rings. The van der Waals surface area contributed by atoms with Gasteiger partial charge in [0.2, 0.25) is 0 Å². The maximum atomic E-state index is 13.8. The van der Waals surface area contributed by atoms with E-state index in [1.165, 1.54) is 44.6 Å². The fourth-order valence-electron chi connectivity index (χ4n) is 3.29. The van der Waals surface area contributed by atoms with Crippen molar-refractivity contribution in [1.82, 2.24) is 5.32 Å². The topological polar surface area (TPSA) is 12.0 Å². The number of benzene rings is 1. The van der Waals surface area contributed by atoms with Crippen molar-refractivity contribution in [3.05, 3.63) is 35.4 Å². The number of hydrogen-bond acceptors (Lipinski definition) is 1. The number of halogens is 2. The van der Waals surface area contributed by atoms with E-state index in [1.54, 1.807) is 12.1 Å². The van der Waals surface area contributed by atoms with Gasteiger partial charge in [0.25, 0.3) is 0 Å². The van der Waals surface area contributed by atoms with Gasteiger partial charge in [0.1, 0.15) is 0 Å². The predicted octanol–water partition coefficient (Wildman–Crippen LogP) is 4.97. The average molecular weight is 281 g/mol. The van der Waals surface area contributed by atoms with E-state index in [1.807, 2.05) is 6.92 Å². The van der Waals surface area contributed by atoms with Crippen molar-refractivity contribution in [2.45, 2.75) is 64.5 Å².